The molecule has 2 saturated heterocycles. The highest BCUT2D eigenvalue weighted by molar-refractivity contribution is 5.95. The van der Waals surface area contributed by atoms with Gasteiger partial charge >= 0.3 is 0 Å². The second-order valence-electron chi connectivity index (χ2n) is 12.1. The molecule has 2 N–H and O–H groups in total. The molecule has 2 aromatic carbocycles. The molecule has 2 aliphatic heterocycles. The van der Waals surface area contributed by atoms with Crippen LogP contribution in [-0.2, 0) is 18.9 Å². The second-order valence-corrected chi connectivity index (χ2v) is 12.1. The van der Waals surface area contributed by atoms with Crippen LogP contribution in [0.2, 0.25) is 0 Å². The summed E-state index contributed by atoms with van der Waals surface area (Å²) < 4.78 is 37.1. The molecule has 2 amide bonds. The van der Waals surface area contributed by atoms with E-state index in [1.807, 2.05) is 26.0 Å². The molecule has 10 heteroatoms. The van der Waals surface area contributed by atoms with E-state index in [2.05, 4.69) is 31.4 Å². The summed E-state index contributed by atoms with van der Waals surface area (Å²) in [6.07, 6.45) is 3.69. The molecule has 2 heterocycles. The fourth-order valence-corrected chi connectivity index (χ4v) is 5.49. The van der Waals surface area contributed by atoms with Crippen molar-refractivity contribution >= 4 is 11.8 Å². The van der Waals surface area contributed by atoms with Crippen molar-refractivity contribution in [3.05, 3.63) is 59.7 Å². The van der Waals surface area contributed by atoms with Gasteiger partial charge in [-0.15, -0.1) is 0 Å². The maximum atomic E-state index is 13.3. The number of ether oxygens (including phenoxy) is 6. The third kappa shape index (κ3) is 9.19. The first-order valence-corrected chi connectivity index (χ1v) is 16.4. The number of unbranched alkanes of at least 4 members (excludes halogenated alkanes) is 3. The molecule has 10 nitrogen and oxygen atoms in total. The molecule has 2 aliphatic rings. The van der Waals surface area contributed by atoms with Gasteiger partial charge in [-0.2, -0.15) is 0 Å². The van der Waals surface area contributed by atoms with Crippen LogP contribution in [0.15, 0.2) is 48.5 Å². The highest BCUT2D eigenvalue weighted by atomic mass is 16.8. The number of hydrogen-bond acceptors (Lipinski definition) is 8. The van der Waals surface area contributed by atoms with Gasteiger partial charge in [0.1, 0.15) is 23.7 Å². The number of hydrogen-bond donors (Lipinski definition) is 2. The van der Waals surface area contributed by atoms with Gasteiger partial charge in [-0.25, -0.2) is 0 Å². The van der Waals surface area contributed by atoms with E-state index in [4.69, 9.17) is 28.4 Å². The van der Waals surface area contributed by atoms with Crippen molar-refractivity contribution in [2.75, 3.05) is 32.9 Å². The van der Waals surface area contributed by atoms with E-state index in [1.165, 1.54) is 0 Å². The van der Waals surface area contributed by atoms with E-state index in [9.17, 15) is 9.59 Å². The largest absolute Gasteiger partial charge is 0.494 e. The molecular weight excluding hydrogens is 576 g/mol. The van der Waals surface area contributed by atoms with Crippen LogP contribution in [0.4, 0.5) is 0 Å². The van der Waals surface area contributed by atoms with Crippen molar-refractivity contribution in [2.45, 2.75) is 103 Å². The van der Waals surface area contributed by atoms with Gasteiger partial charge < -0.3 is 39.1 Å². The van der Waals surface area contributed by atoms with Crippen LogP contribution in [0.1, 0.15) is 93.9 Å². The van der Waals surface area contributed by atoms with Crippen molar-refractivity contribution in [3.63, 3.8) is 0 Å². The van der Waals surface area contributed by atoms with Gasteiger partial charge in [-0.05, 0) is 69.5 Å². The number of benzene rings is 2. The molecule has 0 radical (unpaired) electrons. The summed E-state index contributed by atoms with van der Waals surface area (Å²) in [5.41, 5.74) is -0.173. The van der Waals surface area contributed by atoms with E-state index in [-0.39, 0.29) is 24.9 Å². The van der Waals surface area contributed by atoms with Gasteiger partial charge in [-0.1, -0.05) is 52.2 Å². The predicted octanol–water partition coefficient (Wildman–Crippen LogP) is 5.64. The highest BCUT2D eigenvalue weighted by Gasteiger charge is 2.66. The third-order valence-corrected chi connectivity index (χ3v) is 7.85. The van der Waals surface area contributed by atoms with Gasteiger partial charge in [0.2, 0.25) is 0 Å². The van der Waals surface area contributed by atoms with E-state index in [0.29, 0.717) is 42.4 Å². The zero-order chi connectivity index (χ0) is 32.3. The molecule has 0 spiro atoms. The van der Waals surface area contributed by atoms with Gasteiger partial charge in [0.15, 0.2) is 17.7 Å². The summed E-state index contributed by atoms with van der Waals surface area (Å²) in [5, 5.41) is 6.02. The molecule has 248 valence electrons. The molecule has 0 unspecified atom stereocenters. The summed E-state index contributed by atoms with van der Waals surface area (Å²) in [6, 6.07) is 14.3. The number of carbonyl (C=O) groups excluding carboxylic acids is 2. The average Bonchev–Trinajstić information content (AvgIpc) is 3.46. The fraction of sp³-hybridized carbons (Fsp3) is 0.600. The van der Waals surface area contributed by atoms with Crippen molar-refractivity contribution < 1.29 is 38.0 Å². The van der Waals surface area contributed by atoms with Crippen molar-refractivity contribution in [1.82, 2.24) is 10.6 Å². The summed E-state index contributed by atoms with van der Waals surface area (Å²) in [6.45, 7) is 11.8. The molecule has 2 fully saturated rings. The van der Waals surface area contributed by atoms with Crippen LogP contribution < -0.4 is 20.1 Å². The Morgan fingerprint density at radius 3 is 1.93 bits per heavy atom. The lowest BCUT2D eigenvalue weighted by Crippen LogP contribution is -2.56. The van der Waals surface area contributed by atoms with Crippen LogP contribution >= 0.6 is 0 Å². The first-order valence-electron chi connectivity index (χ1n) is 16.4. The first kappa shape index (κ1) is 34.7. The van der Waals surface area contributed by atoms with Crippen molar-refractivity contribution in [2.24, 2.45) is 0 Å². The SMILES string of the molecule is CCCCOc1cccc(C(=O)NC[C@H]2O[C@@H](OCCCC)[C@]3(CNC(=O)c4cccc(OCCCC)c4)OC(C)(C)O[C@H]23)c1. The monoisotopic (exact) mass is 626 g/mol. The Morgan fingerprint density at radius 2 is 1.36 bits per heavy atom. The lowest BCUT2D eigenvalue weighted by atomic mass is 9.94. The highest BCUT2D eigenvalue weighted by Crippen LogP contribution is 2.47. The minimum absolute atomic E-state index is 0.0826. The van der Waals surface area contributed by atoms with Crippen LogP contribution in [-0.4, -0.2) is 74.6 Å². The van der Waals surface area contributed by atoms with Gasteiger partial charge in [0, 0.05) is 24.3 Å². The smallest absolute Gasteiger partial charge is 0.251 e. The van der Waals surface area contributed by atoms with Gasteiger partial charge in [0.05, 0.1) is 19.8 Å². The standard InChI is InChI=1S/C35H50N2O8/c1-6-9-18-40-27-16-12-14-25(21-27)31(38)36-23-29-30-35(45-34(4,5)44-30,33(43-29)42-20-11-8-3)24-37-32(39)26-15-13-17-28(22-26)41-19-10-7-2/h12-17,21-22,29-30,33H,6-11,18-20,23-24H2,1-5H3,(H,36,38)(H,37,39)/t29-,30-,33-,35-/m1/s1. The Morgan fingerprint density at radius 1 is 0.800 bits per heavy atom. The second kappa shape index (κ2) is 16.4. The third-order valence-electron chi connectivity index (χ3n) is 7.85. The summed E-state index contributed by atoms with van der Waals surface area (Å²) in [5.74, 6) is -0.201. The summed E-state index contributed by atoms with van der Waals surface area (Å²) in [7, 11) is 0. The number of nitrogens with one attached hydrogen (secondary N) is 2. The van der Waals surface area contributed by atoms with Gasteiger partial charge in [0.25, 0.3) is 11.8 Å². The molecule has 0 aromatic heterocycles. The topological polar surface area (TPSA) is 114 Å². The van der Waals surface area contributed by atoms with Crippen molar-refractivity contribution in [3.8, 4) is 11.5 Å². The predicted molar refractivity (Wildman–Crippen MR) is 171 cm³/mol. The Kier molecular flexibility index (Phi) is 12.6. The molecule has 0 aliphatic carbocycles. The molecule has 4 atom stereocenters. The Bertz CT molecular complexity index is 1250. The number of fused-ring (bicyclic) bond motifs is 1. The maximum Gasteiger partial charge on any atom is 0.251 e. The molecule has 0 bridgehead atoms. The lowest BCUT2D eigenvalue weighted by molar-refractivity contribution is -0.258. The summed E-state index contributed by atoms with van der Waals surface area (Å²) >= 11 is 0. The lowest BCUT2D eigenvalue weighted by Gasteiger charge is -2.33. The minimum atomic E-state index is -1.13. The van der Waals surface area contributed by atoms with Crippen LogP contribution in [0, 0.1) is 0 Å². The zero-order valence-electron chi connectivity index (χ0n) is 27.4. The Labute approximate surface area is 267 Å². The molecule has 45 heavy (non-hydrogen) atoms. The van der Waals surface area contributed by atoms with E-state index >= 15 is 0 Å². The van der Waals surface area contributed by atoms with Crippen LogP contribution in [0.3, 0.4) is 0 Å². The number of rotatable bonds is 18. The van der Waals surface area contributed by atoms with E-state index < -0.39 is 29.9 Å². The Balaban J connectivity index is 1.47. The minimum Gasteiger partial charge on any atom is -0.494 e. The van der Waals surface area contributed by atoms with Crippen LogP contribution in [0.25, 0.3) is 0 Å². The Hall–Kier alpha value is -3.18. The quantitative estimate of drug-likeness (QED) is 0.205. The molecular formula is C35H50N2O8. The fourth-order valence-electron chi connectivity index (χ4n) is 5.49. The van der Waals surface area contributed by atoms with Crippen molar-refractivity contribution in [1.29, 1.82) is 0 Å². The first-order chi connectivity index (χ1) is 21.7. The molecule has 0 saturated carbocycles. The molecule has 2 aromatic rings. The van der Waals surface area contributed by atoms with E-state index in [1.54, 1.807) is 36.4 Å². The molecule has 4 rings (SSSR count). The van der Waals surface area contributed by atoms with E-state index in [0.717, 1.165) is 38.5 Å². The maximum absolute atomic E-state index is 13.3. The summed E-state index contributed by atoms with van der Waals surface area (Å²) in [4.78, 5) is 26.5. The van der Waals surface area contributed by atoms with Crippen LogP contribution in [0.5, 0.6) is 11.5 Å². The van der Waals surface area contributed by atoms with Gasteiger partial charge in [-0.3, -0.25) is 9.59 Å². The normalized spacial score (nSPS) is 23.4. The number of amides is 2. The zero-order valence-corrected chi connectivity index (χ0v) is 27.4. The average molecular weight is 627 g/mol. The number of carbonyl (C=O) groups is 2.